The van der Waals surface area contributed by atoms with E-state index in [4.69, 9.17) is 16.2 Å². The van der Waals surface area contributed by atoms with Crippen molar-refractivity contribution in [2.24, 2.45) is 17.4 Å². The van der Waals surface area contributed by atoms with Crippen molar-refractivity contribution in [3.8, 4) is 17.0 Å². The second kappa shape index (κ2) is 6.53. The Hall–Kier alpha value is -2.51. The number of carbonyl (C=O) groups excluding carboxylic acids is 1. The number of halogens is 1. The molecule has 2 heterocycles. The van der Waals surface area contributed by atoms with Gasteiger partial charge in [-0.1, -0.05) is 6.42 Å². The van der Waals surface area contributed by atoms with E-state index in [1.165, 1.54) is 12.1 Å². The summed E-state index contributed by atoms with van der Waals surface area (Å²) in [7, 11) is 0. The van der Waals surface area contributed by atoms with Gasteiger partial charge in [0.2, 0.25) is 5.91 Å². The molecule has 1 aliphatic heterocycles. The number of nitrogens with two attached hydrogens (primary N) is 2. The summed E-state index contributed by atoms with van der Waals surface area (Å²) in [6.07, 6.45) is 2.76. The Morgan fingerprint density at radius 1 is 1.39 bits per heavy atom. The average molecular weight is 385 g/mol. The number of hydrogen-bond acceptors (Lipinski definition) is 5. The van der Waals surface area contributed by atoms with Gasteiger partial charge in [-0.2, -0.15) is 0 Å². The molecule has 4 rings (SSSR count). The first-order valence-corrected chi connectivity index (χ1v) is 9.46. The molecule has 0 bridgehead atoms. The lowest BCUT2D eigenvalue weighted by Crippen LogP contribution is -2.46. The van der Waals surface area contributed by atoms with Gasteiger partial charge in [0, 0.05) is 17.7 Å². The normalized spacial score (nSPS) is 23.4. The van der Waals surface area contributed by atoms with Crippen LogP contribution in [0.1, 0.15) is 37.4 Å². The van der Waals surface area contributed by atoms with Crippen molar-refractivity contribution in [3.05, 3.63) is 47.4 Å². The van der Waals surface area contributed by atoms with E-state index in [2.05, 4.69) is 4.98 Å². The lowest BCUT2D eigenvalue weighted by molar-refractivity contribution is -0.123. The highest BCUT2D eigenvalue weighted by molar-refractivity contribution is 5.90. The fourth-order valence-electron chi connectivity index (χ4n) is 3.98. The zero-order valence-electron chi connectivity index (χ0n) is 15.7. The molecule has 6 nitrogen and oxygen atoms in total. The molecule has 0 unspecified atom stereocenters. The van der Waals surface area contributed by atoms with E-state index in [1.807, 2.05) is 0 Å². The van der Waals surface area contributed by atoms with Gasteiger partial charge >= 0.3 is 0 Å². The van der Waals surface area contributed by atoms with Crippen LogP contribution in [-0.2, 0) is 15.8 Å². The fraction of sp³-hybridized carbons (Fsp3) is 0.429. The van der Waals surface area contributed by atoms with Gasteiger partial charge in [-0.15, -0.1) is 0 Å². The third-order valence-corrected chi connectivity index (χ3v) is 6.27. The molecule has 5 N–H and O–H groups in total. The first-order chi connectivity index (χ1) is 13.3. The van der Waals surface area contributed by atoms with E-state index >= 15 is 0 Å². The minimum Gasteiger partial charge on any atom is -0.489 e. The average Bonchev–Trinajstić information content (AvgIpc) is 2.98. The summed E-state index contributed by atoms with van der Waals surface area (Å²) < 4.78 is 19.2. The Kier molecular flexibility index (Phi) is 4.39. The van der Waals surface area contributed by atoms with E-state index < -0.39 is 16.9 Å². The SMILES string of the molecule is C[C@]1(C(N)=O)COc2c1cc([C@@](O)(CN)C1CCC1)nc2-c1ccc(F)cc1. The molecular weight excluding hydrogens is 361 g/mol. The summed E-state index contributed by atoms with van der Waals surface area (Å²) in [6, 6.07) is 7.55. The number of pyridine rings is 1. The smallest absolute Gasteiger partial charge is 0.231 e. The molecule has 28 heavy (non-hydrogen) atoms. The molecule has 148 valence electrons. The van der Waals surface area contributed by atoms with Crippen LogP contribution in [0.25, 0.3) is 11.3 Å². The van der Waals surface area contributed by atoms with Crippen molar-refractivity contribution in [1.29, 1.82) is 0 Å². The number of ether oxygens (including phenoxy) is 1. The highest BCUT2D eigenvalue weighted by Gasteiger charge is 2.47. The predicted molar refractivity (Wildman–Crippen MR) is 102 cm³/mol. The van der Waals surface area contributed by atoms with E-state index in [-0.39, 0.29) is 24.9 Å². The second-order valence-corrected chi connectivity index (χ2v) is 7.98. The molecule has 1 amide bonds. The van der Waals surface area contributed by atoms with Crippen molar-refractivity contribution in [3.63, 3.8) is 0 Å². The predicted octanol–water partition coefficient (Wildman–Crippen LogP) is 1.97. The lowest BCUT2D eigenvalue weighted by Gasteiger charge is -2.40. The number of primary amides is 1. The van der Waals surface area contributed by atoms with Crippen LogP contribution in [0.3, 0.4) is 0 Å². The van der Waals surface area contributed by atoms with Crippen molar-refractivity contribution in [1.82, 2.24) is 4.98 Å². The fourth-order valence-corrected chi connectivity index (χ4v) is 3.98. The summed E-state index contributed by atoms with van der Waals surface area (Å²) in [5.41, 5.74) is 11.3. The highest BCUT2D eigenvalue weighted by Crippen LogP contribution is 2.48. The number of benzene rings is 1. The van der Waals surface area contributed by atoms with E-state index in [0.717, 1.165) is 19.3 Å². The largest absolute Gasteiger partial charge is 0.489 e. The molecule has 1 saturated carbocycles. The third-order valence-electron chi connectivity index (χ3n) is 6.27. The standard InChI is InChI=1S/C21H24FN3O3/c1-20(19(24)26)11-28-18-15(20)9-16(21(27,10-23)13-3-2-4-13)25-17(18)12-5-7-14(22)8-6-12/h5-9,13,27H,2-4,10-11,23H2,1H3,(H2,24,26)/t20-,21+/m0/s1. The van der Waals surface area contributed by atoms with Crippen LogP contribution >= 0.6 is 0 Å². The third kappa shape index (κ3) is 2.69. The van der Waals surface area contributed by atoms with Crippen LogP contribution in [0.2, 0.25) is 0 Å². The maximum absolute atomic E-state index is 13.4. The van der Waals surface area contributed by atoms with Crippen molar-refractivity contribution < 1.29 is 19.0 Å². The Morgan fingerprint density at radius 3 is 2.61 bits per heavy atom. The Morgan fingerprint density at radius 2 is 2.07 bits per heavy atom. The number of aliphatic hydroxyl groups is 1. The highest BCUT2D eigenvalue weighted by atomic mass is 19.1. The molecule has 0 saturated heterocycles. The molecule has 1 aromatic heterocycles. The van der Waals surface area contributed by atoms with Crippen molar-refractivity contribution >= 4 is 5.91 Å². The van der Waals surface area contributed by atoms with Crippen molar-refractivity contribution in [2.75, 3.05) is 13.2 Å². The van der Waals surface area contributed by atoms with Crippen LogP contribution in [-0.4, -0.2) is 29.1 Å². The molecular formula is C21H24FN3O3. The Bertz CT molecular complexity index is 929. The van der Waals surface area contributed by atoms with Crippen LogP contribution in [0, 0.1) is 11.7 Å². The topological polar surface area (TPSA) is 111 Å². The number of amides is 1. The zero-order chi connectivity index (χ0) is 20.1. The van der Waals surface area contributed by atoms with Gasteiger partial charge in [-0.3, -0.25) is 4.79 Å². The molecule has 1 aliphatic carbocycles. The maximum atomic E-state index is 13.4. The number of rotatable bonds is 5. The number of fused-ring (bicyclic) bond motifs is 1. The van der Waals surface area contributed by atoms with Crippen LogP contribution in [0.5, 0.6) is 5.75 Å². The zero-order valence-corrected chi connectivity index (χ0v) is 15.7. The quantitative estimate of drug-likeness (QED) is 0.729. The van der Waals surface area contributed by atoms with Crippen LogP contribution in [0.15, 0.2) is 30.3 Å². The summed E-state index contributed by atoms with van der Waals surface area (Å²) >= 11 is 0. The molecule has 0 spiro atoms. The lowest BCUT2D eigenvalue weighted by atomic mass is 9.70. The summed E-state index contributed by atoms with van der Waals surface area (Å²) in [6.45, 7) is 1.81. The molecule has 2 aromatic rings. The molecule has 1 fully saturated rings. The van der Waals surface area contributed by atoms with Gasteiger partial charge in [0.25, 0.3) is 0 Å². The minimum absolute atomic E-state index is 0.00581. The number of carbonyl (C=O) groups is 1. The number of nitrogens with zero attached hydrogens (tertiary/aromatic N) is 1. The molecule has 7 heteroatoms. The van der Waals surface area contributed by atoms with Gasteiger partial charge < -0.3 is 21.3 Å². The molecule has 2 aliphatic rings. The maximum Gasteiger partial charge on any atom is 0.231 e. The molecule has 0 radical (unpaired) electrons. The van der Waals surface area contributed by atoms with Crippen LogP contribution in [0.4, 0.5) is 4.39 Å². The minimum atomic E-state index is -1.30. The first kappa shape index (κ1) is 18.8. The second-order valence-electron chi connectivity index (χ2n) is 7.98. The van der Waals surface area contributed by atoms with E-state index in [0.29, 0.717) is 28.3 Å². The summed E-state index contributed by atoms with van der Waals surface area (Å²) in [5, 5.41) is 11.4. The van der Waals surface area contributed by atoms with Crippen LogP contribution < -0.4 is 16.2 Å². The van der Waals surface area contributed by atoms with Gasteiger partial charge in [0.1, 0.15) is 34.9 Å². The number of aromatic nitrogens is 1. The number of hydrogen-bond donors (Lipinski definition) is 3. The van der Waals surface area contributed by atoms with E-state index in [1.54, 1.807) is 25.1 Å². The Labute approximate surface area is 162 Å². The van der Waals surface area contributed by atoms with Crippen molar-refractivity contribution in [2.45, 2.75) is 37.2 Å². The van der Waals surface area contributed by atoms with Gasteiger partial charge in [0.05, 0.1) is 5.69 Å². The Balaban J connectivity index is 1.95. The monoisotopic (exact) mass is 385 g/mol. The molecule has 2 atom stereocenters. The van der Waals surface area contributed by atoms with Gasteiger partial charge in [-0.25, -0.2) is 9.37 Å². The first-order valence-electron chi connectivity index (χ1n) is 9.46. The van der Waals surface area contributed by atoms with E-state index in [9.17, 15) is 14.3 Å². The molecule has 1 aromatic carbocycles. The van der Waals surface area contributed by atoms with Gasteiger partial charge in [-0.05, 0) is 56.0 Å². The van der Waals surface area contributed by atoms with Gasteiger partial charge in [0.15, 0.2) is 0 Å². The summed E-state index contributed by atoms with van der Waals surface area (Å²) in [4.78, 5) is 16.9. The summed E-state index contributed by atoms with van der Waals surface area (Å²) in [5.74, 6) is -0.448.